The Morgan fingerprint density at radius 3 is 2.78 bits per heavy atom. The third kappa shape index (κ3) is 4.87. The molecule has 0 aliphatic carbocycles. The lowest BCUT2D eigenvalue weighted by Crippen LogP contribution is -2.19. The van der Waals surface area contributed by atoms with E-state index in [4.69, 9.17) is 11.7 Å². The Balaban J connectivity index is 3.21. The van der Waals surface area contributed by atoms with Crippen LogP contribution in [0.5, 0.6) is 0 Å². The molecule has 0 saturated carbocycles. The van der Waals surface area contributed by atoms with Gasteiger partial charge in [0, 0.05) is 13.0 Å². The highest BCUT2D eigenvalue weighted by Crippen LogP contribution is 1.82. The summed E-state index contributed by atoms with van der Waals surface area (Å²) in [6, 6.07) is 2.05. The Labute approximate surface area is 56.1 Å². The van der Waals surface area contributed by atoms with E-state index in [0.29, 0.717) is 13.0 Å². The zero-order chi connectivity index (χ0) is 7.11. The molecule has 0 atom stereocenters. The van der Waals surface area contributed by atoms with E-state index in [1.165, 1.54) is 0 Å². The third-order valence-electron chi connectivity index (χ3n) is 0.967. The molecule has 0 amide bonds. The highest BCUT2D eigenvalue weighted by molar-refractivity contribution is 4.87. The first-order chi connectivity index (χ1) is 4.31. The van der Waals surface area contributed by atoms with Gasteiger partial charge in [-0.2, -0.15) is 5.26 Å². The third-order valence-corrected chi connectivity index (χ3v) is 0.967. The number of rotatable bonds is 3. The number of nitrogens with zero attached hydrogens (tertiary/aromatic N) is 2. The molecule has 0 unspecified atom stereocenters. The maximum absolute atomic E-state index is 8.16. The van der Waals surface area contributed by atoms with E-state index in [9.17, 15) is 0 Å². The van der Waals surface area contributed by atoms with Crippen LogP contribution < -0.4 is 0 Å². The summed E-state index contributed by atoms with van der Waals surface area (Å²) in [5.41, 5.74) is 0. The van der Waals surface area contributed by atoms with Crippen molar-refractivity contribution in [2.75, 3.05) is 20.1 Å². The van der Waals surface area contributed by atoms with Crippen LogP contribution in [0, 0.1) is 23.7 Å². The highest BCUT2D eigenvalue weighted by Gasteiger charge is 1.91. The van der Waals surface area contributed by atoms with Crippen LogP contribution in [0.4, 0.5) is 0 Å². The Morgan fingerprint density at radius 2 is 2.33 bits per heavy atom. The number of terminal acetylenes is 1. The molecule has 0 heterocycles. The summed E-state index contributed by atoms with van der Waals surface area (Å²) < 4.78 is 0. The summed E-state index contributed by atoms with van der Waals surface area (Å²) in [4.78, 5) is 1.93. The Kier molecular flexibility index (Phi) is 4.59. The first-order valence-electron chi connectivity index (χ1n) is 2.80. The normalized spacial score (nSPS) is 8.44. The fourth-order valence-corrected chi connectivity index (χ4v) is 0.476. The largest absolute Gasteiger partial charge is 0.294 e. The summed E-state index contributed by atoms with van der Waals surface area (Å²) >= 11 is 0. The number of nitriles is 1. The molecule has 48 valence electrons. The molecule has 0 saturated heterocycles. The number of hydrogen-bond donors (Lipinski definition) is 0. The first-order valence-corrected chi connectivity index (χ1v) is 2.80. The molecule has 0 aromatic heterocycles. The van der Waals surface area contributed by atoms with Gasteiger partial charge in [0.25, 0.3) is 0 Å². The lowest BCUT2D eigenvalue weighted by molar-refractivity contribution is 0.385. The molecule has 0 aromatic carbocycles. The molecular weight excluding hydrogens is 112 g/mol. The maximum atomic E-state index is 8.16. The predicted octanol–water partition coefficient (Wildman–Crippen LogP) is 0.465. The van der Waals surface area contributed by atoms with Crippen molar-refractivity contribution in [3.63, 3.8) is 0 Å². The van der Waals surface area contributed by atoms with E-state index in [0.717, 1.165) is 6.54 Å². The molecule has 0 radical (unpaired) electrons. The standard InChI is InChI=1S/C7H10N2/c1-3-6-9(2)7-4-5-8/h1H,4,6-7H2,2H3. The van der Waals surface area contributed by atoms with Gasteiger partial charge in [-0.25, -0.2) is 0 Å². The number of hydrogen-bond acceptors (Lipinski definition) is 2. The van der Waals surface area contributed by atoms with E-state index in [-0.39, 0.29) is 0 Å². The van der Waals surface area contributed by atoms with E-state index in [2.05, 4.69) is 5.92 Å². The van der Waals surface area contributed by atoms with Crippen molar-refractivity contribution in [3.8, 4) is 18.4 Å². The fraction of sp³-hybridized carbons (Fsp3) is 0.571. The minimum atomic E-state index is 0.554. The summed E-state index contributed by atoms with van der Waals surface area (Å²) in [7, 11) is 1.90. The Hall–Kier alpha value is -0.990. The van der Waals surface area contributed by atoms with Crippen molar-refractivity contribution >= 4 is 0 Å². The van der Waals surface area contributed by atoms with Gasteiger partial charge in [-0.15, -0.1) is 6.42 Å². The second-order valence-corrected chi connectivity index (χ2v) is 1.85. The van der Waals surface area contributed by atoms with Gasteiger partial charge in [0.1, 0.15) is 0 Å². The second kappa shape index (κ2) is 5.15. The van der Waals surface area contributed by atoms with E-state index in [1.54, 1.807) is 0 Å². The average Bonchev–Trinajstić information content (AvgIpc) is 1.85. The Bertz CT molecular complexity index is 138. The van der Waals surface area contributed by atoms with E-state index >= 15 is 0 Å². The second-order valence-electron chi connectivity index (χ2n) is 1.85. The smallest absolute Gasteiger partial charge is 0.0635 e. The lowest BCUT2D eigenvalue weighted by Gasteiger charge is -2.08. The highest BCUT2D eigenvalue weighted by atomic mass is 15.1. The molecule has 0 aliphatic rings. The quantitative estimate of drug-likeness (QED) is 0.509. The molecule has 2 nitrogen and oxygen atoms in total. The molecule has 0 aliphatic heterocycles. The van der Waals surface area contributed by atoms with Crippen molar-refractivity contribution in [1.82, 2.24) is 4.90 Å². The van der Waals surface area contributed by atoms with Crippen molar-refractivity contribution in [3.05, 3.63) is 0 Å². The van der Waals surface area contributed by atoms with Crippen LogP contribution in [0.2, 0.25) is 0 Å². The zero-order valence-electron chi connectivity index (χ0n) is 5.59. The minimum Gasteiger partial charge on any atom is -0.294 e. The van der Waals surface area contributed by atoms with E-state index in [1.807, 2.05) is 18.0 Å². The van der Waals surface area contributed by atoms with Gasteiger partial charge in [0.15, 0.2) is 0 Å². The molecule has 0 fully saturated rings. The molecule has 0 spiro atoms. The maximum Gasteiger partial charge on any atom is 0.0635 e. The summed E-state index contributed by atoms with van der Waals surface area (Å²) in [6.45, 7) is 1.39. The van der Waals surface area contributed by atoms with Gasteiger partial charge < -0.3 is 0 Å². The lowest BCUT2D eigenvalue weighted by atomic mass is 10.4. The van der Waals surface area contributed by atoms with Crippen LogP contribution in [0.3, 0.4) is 0 Å². The molecular formula is C7H10N2. The monoisotopic (exact) mass is 122 g/mol. The van der Waals surface area contributed by atoms with Crippen LogP contribution in [0.25, 0.3) is 0 Å². The van der Waals surface area contributed by atoms with Crippen LogP contribution >= 0.6 is 0 Å². The molecule has 0 rings (SSSR count). The minimum absolute atomic E-state index is 0.554. The average molecular weight is 122 g/mol. The molecule has 0 bridgehead atoms. The first kappa shape index (κ1) is 8.01. The van der Waals surface area contributed by atoms with Crippen molar-refractivity contribution in [1.29, 1.82) is 5.26 Å². The molecule has 2 heteroatoms. The molecule has 0 aromatic rings. The fourth-order valence-electron chi connectivity index (χ4n) is 0.476. The summed E-state index contributed by atoms with van der Waals surface area (Å²) in [6.07, 6.45) is 5.58. The van der Waals surface area contributed by atoms with E-state index < -0.39 is 0 Å². The summed E-state index contributed by atoms with van der Waals surface area (Å²) in [5, 5.41) is 8.16. The van der Waals surface area contributed by atoms with Crippen LogP contribution in [-0.2, 0) is 0 Å². The summed E-state index contributed by atoms with van der Waals surface area (Å²) in [5.74, 6) is 2.49. The van der Waals surface area contributed by atoms with Gasteiger partial charge in [-0.05, 0) is 7.05 Å². The van der Waals surface area contributed by atoms with Crippen molar-refractivity contribution < 1.29 is 0 Å². The molecule has 9 heavy (non-hydrogen) atoms. The van der Waals surface area contributed by atoms with Gasteiger partial charge >= 0.3 is 0 Å². The van der Waals surface area contributed by atoms with Crippen molar-refractivity contribution in [2.24, 2.45) is 0 Å². The van der Waals surface area contributed by atoms with Gasteiger partial charge in [-0.3, -0.25) is 4.90 Å². The Morgan fingerprint density at radius 1 is 1.67 bits per heavy atom. The van der Waals surface area contributed by atoms with Gasteiger partial charge in [0.2, 0.25) is 0 Å². The topological polar surface area (TPSA) is 27.0 Å². The van der Waals surface area contributed by atoms with Gasteiger partial charge in [0.05, 0.1) is 12.6 Å². The zero-order valence-corrected chi connectivity index (χ0v) is 5.59. The predicted molar refractivity (Wildman–Crippen MR) is 36.6 cm³/mol. The SMILES string of the molecule is C#CCN(C)CCC#N. The van der Waals surface area contributed by atoms with Crippen LogP contribution in [0.15, 0.2) is 0 Å². The van der Waals surface area contributed by atoms with Gasteiger partial charge in [-0.1, -0.05) is 5.92 Å². The molecule has 0 N–H and O–H groups in total. The van der Waals surface area contributed by atoms with Crippen molar-refractivity contribution in [2.45, 2.75) is 6.42 Å². The van der Waals surface area contributed by atoms with Crippen LogP contribution in [0.1, 0.15) is 6.42 Å². The van der Waals surface area contributed by atoms with Crippen LogP contribution in [-0.4, -0.2) is 25.0 Å².